The van der Waals surface area contributed by atoms with Crippen molar-refractivity contribution in [2.75, 3.05) is 11.1 Å². The second-order valence-corrected chi connectivity index (χ2v) is 3.74. The quantitative estimate of drug-likeness (QED) is 0.795. The molecule has 3 N–H and O–H groups in total. The van der Waals surface area contributed by atoms with Gasteiger partial charge >= 0.3 is 0 Å². The van der Waals surface area contributed by atoms with Crippen molar-refractivity contribution in [1.82, 2.24) is 9.97 Å². The van der Waals surface area contributed by atoms with Crippen LogP contribution in [-0.4, -0.2) is 9.97 Å². The third-order valence-corrected chi connectivity index (χ3v) is 2.43. The first-order valence-corrected chi connectivity index (χ1v) is 5.21. The van der Waals surface area contributed by atoms with Gasteiger partial charge < -0.3 is 11.1 Å². The zero-order valence-corrected chi connectivity index (χ0v) is 9.44. The maximum atomic E-state index is 13.2. The highest BCUT2D eigenvalue weighted by atomic mass is 19.1. The van der Waals surface area contributed by atoms with Crippen LogP contribution in [-0.2, 0) is 6.54 Å². The number of benzene rings is 1. The fourth-order valence-corrected chi connectivity index (χ4v) is 1.46. The summed E-state index contributed by atoms with van der Waals surface area (Å²) in [5.41, 5.74) is 8.23. The Bertz CT molecular complexity index is 513. The van der Waals surface area contributed by atoms with Gasteiger partial charge in [0, 0.05) is 6.20 Å². The van der Waals surface area contributed by atoms with Gasteiger partial charge in [-0.1, -0.05) is 0 Å². The van der Waals surface area contributed by atoms with Crippen LogP contribution in [0.25, 0.3) is 0 Å². The number of aryl methyl sites for hydroxylation is 1. The molecule has 0 saturated carbocycles. The molecule has 88 valence electrons. The SMILES string of the molecule is Cc1cc(NCc2ccncn2)c(N)cc1F. The molecule has 0 bridgehead atoms. The van der Waals surface area contributed by atoms with E-state index in [1.54, 1.807) is 25.3 Å². The summed E-state index contributed by atoms with van der Waals surface area (Å²) >= 11 is 0. The molecule has 0 saturated heterocycles. The maximum absolute atomic E-state index is 13.2. The minimum absolute atomic E-state index is 0.296. The summed E-state index contributed by atoms with van der Waals surface area (Å²) in [5, 5.41) is 3.12. The van der Waals surface area contributed by atoms with Crippen LogP contribution in [0, 0.1) is 12.7 Å². The Labute approximate surface area is 98.7 Å². The normalized spacial score (nSPS) is 10.2. The molecule has 0 spiro atoms. The molecule has 0 fully saturated rings. The smallest absolute Gasteiger partial charge is 0.128 e. The first-order valence-electron chi connectivity index (χ1n) is 5.21. The molecular weight excluding hydrogens is 219 g/mol. The van der Waals surface area contributed by atoms with E-state index in [1.165, 1.54) is 12.4 Å². The number of hydrogen-bond donors (Lipinski definition) is 2. The number of nitrogens with one attached hydrogen (secondary N) is 1. The highest BCUT2D eigenvalue weighted by molar-refractivity contribution is 5.67. The summed E-state index contributed by atoms with van der Waals surface area (Å²) in [6, 6.07) is 4.81. The zero-order valence-electron chi connectivity index (χ0n) is 9.44. The zero-order chi connectivity index (χ0) is 12.3. The van der Waals surface area contributed by atoms with Gasteiger partial charge in [-0.2, -0.15) is 0 Å². The molecule has 0 unspecified atom stereocenters. The lowest BCUT2D eigenvalue weighted by molar-refractivity contribution is 0.619. The fraction of sp³-hybridized carbons (Fsp3) is 0.167. The minimum atomic E-state index is -0.296. The van der Waals surface area contributed by atoms with Gasteiger partial charge in [-0.15, -0.1) is 0 Å². The van der Waals surface area contributed by atoms with Crippen molar-refractivity contribution in [3.8, 4) is 0 Å². The molecule has 1 aromatic heterocycles. The molecule has 0 amide bonds. The third-order valence-electron chi connectivity index (χ3n) is 2.43. The largest absolute Gasteiger partial charge is 0.397 e. The Morgan fingerprint density at radius 3 is 2.94 bits per heavy atom. The molecule has 17 heavy (non-hydrogen) atoms. The lowest BCUT2D eigenvalue weighted by atomic mass is 10.2. The molecule has 0 radical (unpaired) electrons. The van der Waals surface area contributed by atoms with Crippen molar-refractivity contribution in [2.45, 2.75) is 13.5 Å². The summed E-state index contributed by atoms with van der Waals surface area (Å²) in [7, 11) is 0. The molecule has 0 aliphatic rings. The second kappa shape index (κ2) is 4.78. The Morgan fingerprint density at radius 1 is 1.41 bits per heavy atom. The first-order chi connectivity index (χ1) is 8.16. The van der Waals surface area contributed by atoms with Gasteiger partial charge in [0.15, 0.2) is 0 Å². The number of nitrogens with two attached hydrogens (primary N) is 1. The van der Waals surface area contributed by atoms with Crippen molar-refractivity contribution < 1.29 is 4.39 Å². The second-order valence-electron chi connectivity index (χ2n) is 3.74. The summed E-state index contributed by atoms with van der Waals surface area (Å²) < 4.78 is 13.2. The van der Waals surface area contributed by atoms with E-state index in [1.807, 2.05) is 0 Å². The van der Waals surface area contributed by atoms with Crippen molar-refractivity contribution in [3.05, 3.63) is 47.8 Å². The van der Waals surface area contributed by atoms with Crippen molar-refractivity contribution in [2.24, 2.45) is 0 Å². The van der Waals surface area contributed by atoms with Crippen LogP contribution in [0.5, 0.6) is 0 Å². The number of rotatable bonds is 3. The monoisotopic (exact) mass is 232 g/mol. The van der Waals surface area contributed by atoms with E-state index in [2.05, 4.69) is 15.3 Å². The first kappa shape index (κ1) is 11.3. The van der Waals surface area contributed by atoms with E-state index < -0.39 is 0 Å². The van der Waals surface area contributed by atoms with Crippen LogP contribution < -0.4 is 11.1 Å². The van der Waals surface area contributed by atoms with Gasteiger partial charge in [-0.05, 0) is 30.7 Å². The van der Waals surface area contributed by atoms with Crippen molar-refractivity contribution in [1.29, 1.82) is 0 Å². The molecule has 5 heteroatoms. The van der Waals surface area contributed by atoms with E-state index in [0.717, 1.165) is 5.69 Å². The van der Waals surface area contributed by atoms with Crippen LogP contribution in [0.3, 0.4) is 0 Å². The molecule has 0 aliphatic carbocycles. The number of anilines is 2. The van der Waals surface area contributed by atoms with Crippen LogP contribution in [0.1, 0.15) is 11.3 Å². The Balaban J connectivity index is 2.12. The summed E-state index contributed by atoms with van der Waals surface area (Å²) in [6.07, 6.45) is 3.15. The predicted molar refractivity (Wildman–Crippen MR) is 64.9 cm³/mol. The third kappa shape index (κ3) is 2.69. The van der Waals surface area contributed by atoms with E-state index in [4.69, 9.17) is 5.73 Å². The summed E-state index contributed by atoms with van der Waals surface area (Å²) in [5.74, 6) is -0.296. The van der Waals surface area contributed by atoms with E-state index in [9.17, 15) is 4.39 Å². The highest BCUT2D eigenvalue weighted by Crippen LogP contribution is 2.22. The number of aromatic nitrogens is 2. The maximum Gasteiger partial charge on any atom is 0.128 e. The molecule has 1 heterocycles. The Kier molecular flexibility index (Phi) is 3.18. The van der Waals surface area contributed by atoms with Crippen molar-refractivity contribution >= 4 is 11.4 Å². The van der Waals surface area contributed by atoms with E-state index in [0.29, 0.717) is 23.5 Å². The molecule has 2 aromatic rings. The molecule has 4 nitrogen and oxygen atoms in total. The number of nitrogen functional groups attached to an aromatic ring is 1. The van der Waals surface area contributed by atoms with Crippen LogP contribution in [0.15, 0.2) is 30.7 Å². The topological polar surface area (TPSA) is 63.8 Å². The van der Waals surface area contributed by atoms with E-state index in [-0.39, 0.29) is 5.82 Å². The molecule has 0 aliphatic heterocycles. The summed E-state index contributed by atoms with van der Waals surface area (Å²) in [4.78, 5) is 7.91. The van der Waals surface area contributed by atoms with E-state index >= 15 is 0 Å². The van der Waals surface area contributed by atoms with Crippen LogP contribution >= 0.6 is 0 Å². The number of hydrogen-bond acceptors (Lipinski definition) is 4. The molecular formula is C12H13FN4. The molecule has 2 rings (SSSR count). The average molecular weight is 232 g/mol. The molecule has 1 aromatic carbocycles. The lowest BCUT2D eigenvalue weighted by Gasteiger charge is -2.10. The van der Waals surface area contributed by atoms with Crippen LogP contribution in [0.4, 0.5) is 15.8 Å². The fourth-order valence-electron chi connectivity index (χ4n) is 1.46. The Hall–Kier alpha value is -2.17. The summed E-state index contributed by atoms with van der Waals surface area (Å²) in [6.45, 7) is 2.22. The number of nitrogens with zero attached hydrogens (tertiary/aromatic N) is 2. The van der Waals surface area contributed by atoms with Gasteiger partial charge in [-0.3, -0.25) is 0 Å². The highest BCUT2D eigenvalue weighted by Gasteiger charge is 2.04. The Morgan fingerprint density at radius 2 is 2.24 bits per heavy atom. The standard InChI is InChI=1S/C12H13FN4/c1-8-4-12(11(14)5-10(8)13)16-6-9-2-3-15-7-17-9/h2-5,7,16H,6,14H2,1H3. The minimum Gasteiger partial charge on any atom is -0.397 e. The van der Waals surface area contributed by atoms with Gasteiger partial charge in [0.2, 0.25) is 0 Å². The van der Waals surface area contributed by atoms with Gasteiger partial charge in [0.1, 0.15) is 12.1 Å². The lowest BCUT2D eigenvalue weighted by Crippen LogP contribution is -2.05. The van der Waals surface area contributed by atoms with Crippen molar-refractivity contribution in [3.63, 3.8) is 0 Å². The van der Waals surface area contributed by atoms with Gasteiger partial charge in [0.05, 0.1) is 23.6 Å². The predicted octanol–water partition coefficient (Wildman–Crippen LogP) is 2.12. The number of halogens is 1. The molecule has 0 atom stereocenters. The van der Waals surface area contributed by atoms with Gasteiger partial charge in [0.25, 0.3) is 0 Å². The van der Waals surface area contributed by atoms with Gasteiger partial charge in [-0.25, -0.2) is 14.4 Å². The average Bonchev–Trinajstić information content (AvgIpc) is 2.33. The van der Waals surface area contributed by atoms with Crippen LogP contribution in [0.2, 0.25) is 0 Å².